The number of nitrogens with one attached hydrogen (secondary N) is 1. The van der Waals surface area contributed by atoms with Crippen LogP contribution in [0.1, 0.15) is 6.92 Å². The Morgan fingerprint density at radius 2 is 2.10 bits per heavy atom. The van der Waals surface area contributed by atoms with Crippen LogP contribution in [0.2, 0.25) is 5.28 Å². The highest BCUT2D eigenvalue weighted by molar-refractivity contribution is 6.28. The van der Waals surface area contributed by atoms with Gasteiger partial charge in [0.2, 0.25) is 11.2 Å². The van der Waals surface area contributed by atoms with Gasteiger partial charge < -0.3 is 14.8 Å². The number of halogens is 2. The minimum Gasteiger partial charge on any atom is -0.494 e. The molecule has 0 radical (unpaired) electrons. The van der Waals surface area contributed by atoms with E-state index in [9.17, 15) is 4.39 Å². The third kappa shape index (κ3) is 3.45. The minimum atomic E-state index is -0.498. The maximum absolute atomic E-state index is 13.6. The van der Waals surface area contributed by atoms with Gasteiger partial charge in [-0.2, -0.15) is 15.0 Å². The van der Waals surface area contributed by atoms with Gasteiger partial charge in [0.15, 0.2) is 11.6 Å². The molecular weight excluding hydrogens is 287 g/mol. The molecule has 0 aliphatic rings. The second-order valence-electron chi connectivity index (χ2n) is 3.62. The first-order valence-corrected chi connectivity index (χ1v) is 6.15. The first-order chi connectivity index (χ1) is 9.62. The zero-order chi connectivity index (χ0) is 14.5. The second kappa shape index (κ2) is 6.33. The highest BCUT2D eigenvalue weighted by Crippen LogP contribution is 2.23. The van der Waals surface area contributed by atoms with Gasteiger partial charge in [0, 0.05) is 11.8 Å². The summed E-state index contributed by atoms with van der Waals surface area (Å²) >= 11 is 5.75. The Morgan fingerprint density at radius 3 is 2.75 bits per heavy atom. The molecule has 0 aliphatic heterocycles. The van der Waals surface area contributed by atoms with Gasteiger partial charge in [-0.25, -0.2) is 4.39 Å². The highest BCUT2D eigenvalue weighted by atomic mass is 35.5. The maximum Gasteiger partial charge on any atom is 0.322 e. The number of nitrogens with zero attached hydrogens (tertiary/aromatic N) is 3. The summed E-state index contributed by atoms with van der Waals surface area (Å²) in [6.07, 6.45) is 0. The van der Waals surface area contributed by atoms with E-state index in [1.54, 1.807) is 13.0 Å². The van der Waals surface area contributed by atoms with Crippen molar-refractivity contribution >= 4 is 23.2 Å². The Hall–Kier alpha value is -2.15. The van der Waals surface area contributed by atoms with Gasteiger partial charge in [0.1, 0.15) is 0 Å². The van der Waals surface area contributed by atoms with Crippen molar-refractivity contribution in [3.8, 4) is 11.8 Å². The van der Waals surface area contributed by atoms with Crippen LogP contribution in [0.4, 0.5) is 16.0 Å². The van der Waals surface area contributed by atoms with Crippen molar-refractivity contribution in [1.29, 1.82) is 0 Å². The Bertz CT molecular complexity index is 612. The van der Waals surface area contributed by atoms with Crippen LogP contribution in [0.25, 0.3) is 0 Å². The second-order valence-corrected chi connectivity index (χ2v) is 3.96. The predicted molar refractivity (Wildman–Crippen MR) is 72.2 cm³/mol. The summed E-state index contributed by atoms with van der Waals surface area (Å²) in [4.78, 5) is 11.7. The fourth-order valence-corrected chi connectivity index (χ4v) is 1.61. The Morgan fingerprint density at radius 1 is 1.30 bits per heavy atom. The molecule has 1 N–H and O–H groups in total. The molecule has 1 heterocycles. The molecular formula is C12H12ClFN4O2. The lowest BCUT2D eigenvalue weighted by atomic mass is 10.3. The van der Waals surface area contributed by atoms with E-state index in [4.69, 9.17) is 21.1 Å². The smallest absolute Gasteiger partial charge is 0.322 e. The van der Waals surface area contributed by atoms with Crippen molar-refractivity contribution in [1.82, 2.24) is 15.0 Å². The molecule has 1 aromatic carbocycles. The van der Waals surface area contributed by atoms with Gasteiger partial charge in [0.25, 0.3) is 0 Å². The summed E-state index contributed by atoms with van der Waals surface area (Å²) < 4.78 is 23.5. The van der Waals surface area contributed by atoms with Gasteiger partial charge in [-0.3, -0.25) is 0 Å². The quantitative estimate of drug-likeness (QED) is 0.915. The van der Waals surface area contributed by atoms with E-state index >= 15 is 0 Å². The maximum atomic E-state index is 13.6. The van der Waals surface area contributed by atoms with Gasteiger partial charge >= 0.3 is 6.01 Å². The highest BCUT2D eigenvalue weighted by Gasteiger charge is 2.08. The fourth-order valence-electron chi connectivity index (χ4n) is 1.45. The molecule has 0 fully saturated rings. The van der Waals surface area contributed by atoms with Gasteiger partial charge in [-0.15, -0.1) is 0 Å². The lowest BCUT2D eigenvalue weighted by Crippen LogP contribution is -2.04. The van der Waals surface area contributed by atoms with Gasteiger partial charge in [-0.05, 0) is 30.7 Å². The normalized spacial score (nSPS) is 10.2. The number of hydrogen-bond donors (Lipinski definition) is 1. The van der Waals surface area contributed by atoms with Crippen LogP contribution < -0.4 is 14.8 Å². The Balaban J connectivity index is 2.23. The van der Waals surface area contributed by atoms with Crippen molar-refractivity contribution in [2.75, 3.05) is 19.0 Å². The summed E-state index contributed by atoms with van der Waals surface area (Å²) in [7, 11) is 1.39. The van der Waals surface area contributed by atoms with Crippen molar-refractivity contribution in [2.24, 2.45) is 0 Å². The van der Waals surface area contributed by atoms with Crippen molar-refractivity contribution < 1.29 is 13.9 Å². The molecule has 2 rings (SSSR count). The van der Waals surface area contributed by atoms with E-state index in [0.717, 1.165) is 0 Å². The van der Waals surface area contributed by atoms with Crippen molar-refractivity contribution in [3.63, 3.8) is 0 Å². The van der Waals surface area contributed by atoms with Crippen LogP contribution >= 0.6 is 11.6 Å². The Kier molecular flexibility index (Phi) is 4.52. The minimum absolute atomic E-state index is 0.0140. The Labute approximate surface area is 119 Å². The summed E-state index contributed by atoms with van der Waals surface area (Å²) in [6, 6.07) is 4.48. The van der Waals surface area contributed by atoms with Gasteiger partial charge in [-0.1, -0.05) is 0 Å². The molecule has 20 heavy (non-hydrogen) atoms. The lowest BCUT2D eigenvalue weighted by Gasteiger charge is -2.08. The van der Waals surface area contributed by atoms with Crippen LogP contribution in [-0.4, -0.2) is 28.7 Å². The van der Waals surface area contributed by atoms with Crippen LogP contribution in [0.15, 0.2) is 18.2 Å². The topological polar surface area (TPSA) is 69.2 Å². The van der Waals surface area contributed by atoms with Crippen molar-refractivity contribution in [3.05, 3.63) is 29.3 Å². The van der Waals surface area contributed by atoms with Gasteiger partial charge in [0.05, 0.1) is 13.7 Å². The molecule has 0 amide bonds. The first-order valence-electron chi connectivity index (χ1n) is 5.77. The third-order valence-electron chi connectivity index (χ3n) is 2.27. The molecule has 2 aromatic rings. The standard InChI is InChI=1S/C12H12ClFN4O2/c1-3-20-12-17-10(13)16-11(18-12)15-7-4-5-9(19-2)8(14)6-7/h4-6H,3H2,1-2H3,(H,15,16,17,18). The third-order valence-corrected chi connectivity index (χ3v) is 2.44. The molecule has 0 saturated heterocycles. The van der Waals surface area contributed by atoms with E-state index in [2.05, 4.69) is 20.3 Å². The molecule has 0 spiro atoms. The molecule has 0 saturated carbocycles. The van der Waals surface area contributed by atoms with Crippen molar-refractivity contribution in [2.45, 2.75) is 6.92 Å². The molecule has 0 atom stereocenters. The number of anilines is 2. The van der Waals surface area contributed by atoms with E-state index in [-0.39, 0.29) is 23.0 Å². The molecule has 0 unspecified atom stereocenters. The van der Waals surface area contributed by atoms with Crippen LogP contribution in [0.3, 0.4) is 0 Å². The summed E-state index contributed by atoms with van der Waals surface area (Å²) in [5, 5.41) is 2.80. The molecule has 106 valence electrons. The molecule has 0 aliphatic carbocycles. The number of benzene rings is 1. The lowest BCUT2D eigenvalue weighted by molar-refractivity contribution is 0.312. The fraction of sp³-hybridized carbons (Fsp3) is 0.250. The van der Waals surface area contributed by atoms with E-state index in [1.807, 2.05) is 0 Å². The number of hydrogen-bond acceptors (Lipinski definition) is 6. The summed E-state index contributed by atoms with van der Waals surface area (Å²) in [5.41, 5.74) is 0.452. The molecule has 1 aromatic heterocycles. The monoisotopic (exact) mass is 298 g/mol. The summed E-state index contributed by atoms with van der Waals surface area (Å²) in [5.74, 6) is -0.181. The average molecular weight is 299 g/mol. The zero-order valence-corrected chi connectivity index (χ0v) is 11.6. The molecule has 8 heteroatoms. The number of aromatic nitrogens is 3. The van der Waals surface area contributed by atoms with E-state index in [0.29, 0.717) is 12.3 Å². The molecule has 6 nitrogen and oxygen atoms in total. The SMILES string of the molecule is CCOc1nc(Cl)nc(Nc2ccc(OC)c(F)c2)n1. The first kappa shape index (κ1) is 14.3. The zero-order valence-electron chi connectivity index (χ0n) is 10.9. The van der Waals surface area contributed by atoms with E-state index in [1.165, 1.54) is 19.2 Å². The van der Waals surface area contributed by atoms with Crippen LogP contribution in [-0.2, 0) is 0 Å². The largest absolute Gasteiger partial charge is 0.494 e. The molecule has 0 bridgehead atoms. The number of methoxy groups -OCH3 is 1. The predicted octanol–water partition coefficient (Wildman–Crippen LogP) is 2.82. The average Bonchev–Trinajstić information content (AvgIpc) is 2.38. The van der Waals surface area contributed by atoms with E-state index < -0.39 is 5.82 Å². The number of ether oxygens (including phenoxy) is 2. The number of rotatable bonds is 5. The van der Waals surface area contributed by atoms with Crippen LogP contribution in [0.5, 0.6) is 11.8 Å². The summed E-state index contributed by atoms with van der Waals surface area (Å²) in [6.45, 7) is 2.20. The van der Waals surface area contributed by atoms with Crippen LogP contribution in [0, 0.1) is 5.82 Å².